The van der Waals surface area contributed by atoms with Crippen LogP contribution >= 0.6 is 11.3 Å². The van der Waals surface area contributed by atoms with E-state index in [1.807, 2.05) is 30.3 Å². The number of benzene rings is 3. The van der Waals surface area contributed by atoms with Gasteiger partial charge >= 0.3 is 0 Å². The van der Waals surface area contributed by atoms with Gasteiger partial charge in [-0.15, -0.1) is 11.3 Å². The van der Waals surface area contributed by atoms with E-state index < -0.39 is 0 Å². The first kappa shape index (κ1) is 19.8. The van der Waals surface area contributed by atoms with E-state index in [4.69, 9.17) is 24.3 Å². The Morgan fingerprint density at radius 3 is 2.28 bits per heavy atom. The van der Waals surface area contributed by atoms with Gasteiger partial charge in [0, 0.05) is 0 Å². The molecule has 0 bridgehead atoms. The number of thiazole rings is 1. The first-order valence-electron chi connectivity index (χ1n) is 9.63. The summed E-state index contributed by atoms with van der Waals surface area (Å²) >= 11 is 1.67. The average molecular weight is 410 g/mol. The molecule has 0 amide bonds. The zero-order chi connectivity index (χ0) is 19.9. The van der Waals surface area contributed by atoms with Crippen LogP contribution < -0.4 is 4.74 Å². The number of aliphatic hydroxyl groups excluding tert-OH is 1. The molecule has 0 radical (unpaired) electrons. The molecule has 1 heterocycles. The van der Waals surface area contributed by atoms with Gasteiger partial charge in [0.2, 0.25) is 0 Å². The fourth-order valence-corrected chi connectivity index (χ4v) is 4.08. The van der Waals surface area contributed by atoms with Crippen molar-refractivity contribution in [1.29, 1.82) is 0 Å². The molecule has 3 aromatic carbocycles. The maximum atomic E-state index is 8.68. The summed E-state index contributed by atoms with van der Waals surface area (Å²) < 4.78 is 18.0. The van der Waals surface area contributed by atoms with Gasteiger partial charge in [-0.05, 0) is 35.0 Å². The Morgan fingerprint density at radius 1 is 0.793 bits per heavy atom. The lowest BCUT2D eigenvalue weighted by molar-refractivity contribution is 0.0248. The van der Waals surface area contributed by atoms with Gasteiger partial charge in [0.25, 0.3) is 0 Å². The first-order valence-corrected chi connectivity index (χ1v) is 10.4. The summed E-state index contributed by atoms with van der Waals surface area (Å²) in [5.74, 6) is 0.808. The van der Waals surface area contributed by atoms with Crippen molar-refractivity contribution in [2.24, 2.45) is 0 Å². The van der Waals surface area contributed by atoms with Crippen LogP contribution in [0.1, 0.15) is 0 Å². The van der Waals surface area contributed by atoms with E-state index in [0.29, 0.717) is 33.0 Å². The second-order valence-electron chi connectivity index (χ2n) is 6.48. The molecule has 0 spiro atoms. The molecule has 150 valence electrons. The van der Waals surface area contributed by atoms with Gasteiger partial charge in [0.15, 0.2) is 0 Å². The summed E-state index contributed by atoms with van der Waals surface area (Å²) in [5.41, 5.74) is 1.99. The molecule has 1 aromatic heterocycles. The Kier molecular flexibility index (Phi) is 6.69. The van der Waals surface area contributed by atoms with E-state index in [2.05, 4.69) is 30.3 Å². The lowest BCUT2D eigenvalue weighted by Gasteiger charge is -2.12. The van der Waals surface area contributed by atoms with Crippen molar-refractivity contribution in [2.45, 2.75) is 0 Å². The van der Waals surface area contributed by atoms with Crippen LogP contribution in [0.2, 0.25) is 0 Å². The van der Waals surface area contributed by atoms with Crippen LogP contribution in [-0.2, 0) is 9.47 Å². The van der Waals surface area contributed by atoms with E-state index in [9.17, 15) is 0 Å². The second-order valence-corrected chi connectivity index (χ2v) is 7.51. The molecule has 0 fully saturated rings. The van der Waals surface area contributed by atoms with Crippen LogP contribution in [0.5, 0.6) is 5.75 Å². The number of para-hydroxylation sites is 1. The molecule has 4 rings (SSSR count). The highest BCUT2D eigenvalue weighted by Crippen LogP contribution is 2.38. The molecular formula is C23H23NO4S. The van der Waals surface area contributed by atoms with E-state index in [-0.39, 0.29) is 6.61 Å². The normalized spacial score (nSPS) is 11.3. The van der Waals surface area contributed by atoms with Gasteiger partial charge in [-0.2, -0.15) is 0 Å². The van der Waals surface area contributed by atoms with Crippen molar-refractivity contribution in [2.75, 3.05) is 39.6 Å². The van der Waals surface area contributed by atoms with Crippen molar-refractivity contribution in [3.05, 3.63) is 60.7 Å². The van der Waals surface area contributed by atoms with Crippen molar-refractivity contribution in [3.8, 4) is 16.3 Å². The molecule has 29 heavy (non-hydrogen) atoms. The Bertz CT molecular complexity index is 1050. The zero-order valence-electron chi connectivity index (χ0n) is 16.0. The Hall–Kier alpha value is -2.51. The van der Waals surface area contributed by atoms with Crippen molar-refractivity contribution in [3.63, 3.8) is 0 Å². The summed E-state index contributed by atoms with van der Waals surface area (Å²) in [7, 11) is 0. The number of hydrogen-bond donors (Lipinski definition) is 1. The van der Waals surface area contributed by atoms with Gasteiger partial charge in [0.05, 0.1) is 48.8 Å². The molecule has 0 atom stereocenters. The molecule has 6 heteroatoms. The minimum atomic E-state index is 0.0274. The third-order valence-electron chi connectivity index (χ3n) is 4.47. The van der Waals surface area contributed by atoms with Crippen molar-refractivity contribution >= 4 is 32.3 Å². The number of ether oxygens (including phenoxy) is 3. The minimum Gasteiger partial charge on any atom is -0.490 e. The summed E-state index contributed by atoms with van der Waals surface area (Å²) in [6.45, 7) is 2.21. The van der Waals surface area contributed by atoms with Gasteiger partial charge in [-0.1, -0.05) is 36.4 Å². The van der Waals surface area contributed by atoms with Gasteiger partial charge < -0.3 is 19.3 Å². The van der Waals surface area contributed by atoms with Crippen LogP contribution in [0.15, 0.2) is 60.7 Å². The Labute approximate surface area is 173 Å². The zero-order valence-corrected chi connectivity index (χ0v) is 16.9. The number of nitrogens with zero attached hydrogens (tertiary/aromatic N) is 1. The summed E-state index contributed by atoms with van der Waals surface area (Å²) in [6, 6.07) is 20.6. The van der Waals surface area contributed by atoms with Crippen LogP contribution in [0.25, 0.3) is 31.6 Å². The van der Waals surface area contributed by atoms with Gasteiger partial charge in [0.1, 0.15) is 17.4 Å². The lowest BCUT2D eigenvalue weighted by atomic mass is 10.1. The van der Waals surface area contributed by atoms with E-state index in [1.165, 1.54) is 0 Å². The van der Waals surface area contributed by atoms with Crippen molar-refractivity contribution < 1.29 is 19.3 Å². The molecule has 4 aromatic rings. The molecule has 0 aliphatic heterocycles. The number of fused-ring (bicyclic) bond motifs is 2. The number of hydrogen-bond acceptors (Lipinski definition) is 6. The molecule has 0 aliphatic carbocycles. The van der Waals surface area contributed by atoms with Crippen LogP contribution in [0.3, 0.4) is 0 Å². The lowest BCUT2D eigenvalue weighted by Crippen LogP contribution is -2.12. The first-order chi connectivity index (χ1) is 14.3. The Morgan fingerprint density at radius 2 is 1.48 bits per heavy atom. The van der Waals surface area contributed by atoms with Crippen LogP contribution in [0, 0.1) is 0 Å². The van der Waals surface area contributed by atoms with E-state index in [1.54, 1.807) is 11.3 Å². The van der Waals surface area contributed by atoms with Gasteiger partial charge in [-0.25, -0.2) is 4.98 Å². The Balaban J connectivity index is 1.51. The summed E-state index contributed by atoms with van der Waals surface area (Å²) in [4.78, 5) is 4.81. The maximum absolute atomic E-state index is 8.68. The minimum absolute atomic E-state index is 0.0274. The SMILES string of the molecule is OCCOCCOCCOc1cc2ccccc2cc1-c1nc2ccccc2s1. The van der Waals surface area contributed by atoms with E-state index in [0.717, 1.165) is 37.3 Å². The molecule has 1 N–H and O–H groups in total. The van der Waals surface area contributed by atoms with E-state index >= 15 is 0 Å². The highest BCUT2D eigenvalue weighted by molar-refractivity contribution is 7.21. The predicted octanol–water partition coefficient (Wildman–Crippen LogP) is 4.52. The number of aromatic nitrogens is 1. The fraction of sp³-hybridized carbons (Fsp3) is 0.261. The molecule has 5 nitrogen and oxygen atoms in total. The molecule has 0 saturated carbocycles. The molecular weight excluding hydrogens is 386 g/mol. The molecule has 0 saturated heterocycles. The third kappa shape index (κ3) is 4.92. The monoisotopic (exact) mass is 409 g/mol. The number of rotatable bonds is 10. The largest absolute Gasteiger partial charge is 0.490 e. The topological polar surface area (TPSA) is 60.8 Å². The smallest absolute Gasteiger partial charge is 0.130 e. The molecule has 0 aliphatic rings. The fourth-order valence-electron chi connectivity index (χ4n) is 3.09. The van der Waals surface area contributed by atoms with Crippen LogP contribution in [-0.4, -0.2) is 49.7 Å². The highest BCUT2D eigenvalue weighted by atomic mass is 32.1. The maximum Gasteiger partial charge on any atom is 0.130 e. The quantitative estimate of drug-likeness (QED) is 0.390. The summed E-state index contributed by atoms with van der Waals surface area (Å²) in [6.07, 6.45) is 0. The third-order valence-corrected chi connectivity index (χ3v) is 5.53. The second kappa shape index (κ2) is 9.80. The predicted molar refractivity (Wildman–Crippen MR) is 117 cm³/mol. The average Bonchev–Trinajstić information content (AvgIpc) is 3.19. The molecule has 0 unspecified atom stereocenters. The number of aliphatic hydroxyl groups is 1. The summed E-state index contributed by atoms with van der Waals surface area (Å²) in [5, 5.41) is 11.9. The standard InChI is InChI=1S/C23H23NO4S/c25-9-10-26-11-12-27-13-14-28-21-16-18-6-2-1-5-17(18)15-19(21)23-24-20-7-3-4-8-22(20)29-23/h1-8,15-16,25H,9-14H2. The van der Waals surface area contributed by atoms with Gasteiger partial charge in [-0.3, -0.25) is 0 Å². The van der Waals surface area contributed by atoms with Crippen molar-refractivity contribution in [1.82, 2.24) is 4.98 Å². The van der Waals surface area contributed by atoms with Crippen LogP contribution in [0.4, 0.5) is 0 Å². The highest BCUT2D eigenvalue weighted by Gasteiger charge is 2.13.